The lowest BCUT2D eigenvalue weighted by Crippen LogP contribution is -2.23. The van der Waals surface area contributed by atoms with Crippen molar-refractivity contribution in [3.05, 3.63) is 59.4 Å². The van der Waals surface area contributed by atoms with E-state index in [4.69, 9.17) is 25.4 Å². The van der Waals surface area contributed by atoms with Crippen LogP contribution < -0.4 is 19.9 Å². The Balaban J connectivity index is 1.51. The van der Waals surface area contributed by atoms with Crippen molar-refractivity contribution in [1.82, 2.24) is 24.8 Å². The zero-order valence-electron chi connectivity index (χ0n) is 20.9. The number of nitrogens with one attached hydrogen (secondary N) is 2. The smallest absolute Gasteiger partial charge is 0.327 e. The Morgan fingerprint density at radius 3 is 2.62 bits per heavy atom. The molecule has 0 saturated carbocycles. The van der Waals surface area contributed by atoms with E-state index in [2.05, 4.69) is 29.8 Å². The van der Waals surface area contributed by atoms with Gasteiger partial charge in [0.1, 0.15) is 40.3 Å². The number of nitrogens with zero attached hydrogens (tertiary/aromatic N) is 5. The second-order valence-corrected chi connectivity index (χ2v) is 8.45. The van der Waals surface area contributed by atoms with Crippen LogP contribution in [-0.4, -0.2) is 63.3 Å². The van der Waals surface area contributed by atoms with Crippen LogP contribution in [0.2, 0.25) is 0 Å². The summed E-state index contributed by atoms with van der Waals surface area (Å²) in [6.45, 7) is 5.98. The van der Waals surface area contributed by atoms with Gasteiger partial charge in [-0.25, -0.2) is 4.98 Å². The summed E-state index contributed by atoms with van der Waals surface area (Å²) in [5.41, 5.74) is 8.10. The van der Waals surface area contributed by atoms with Crippen LogP contribution in [0.15, 0.2) is 47.5 Å². The number of hydrogen-bond acceptors (Lipinski definition) is 9. The molecule has 0 unspecified atom stereocenters. The number of aryl methyl sites for hydroxylation is 1. The fraction of sp³-hybridized carbons (Fsp3) is 0.269. The molecule has 1 aliphatic heterocycles. The first-order valence-electron chi connectivity index (χ1n) is 12.0. The molecule has 4 aromatic rings. The van der Waals surface area contributed by atoms with Gasteiger partial charge in [-0.1, -0.05) is 19.1 Å². The van der Waals surface area contributed by atoms with Crippen molar-refractivity contribution in [2.75, 3.05) is 26.7 Å². The standard InChI is InChI=1S/C26H28N8O3/c1-4-20-30-21-23(31-20)32-26(37-17-8-6-7-15(11-17)24-29-9-10-34(24)3)33-25(21)36-19-13-16(22(27)28)12-18(14-19)35-5-2/h6-8,11-14H,4-5,9-10H2,1-3H3,(H3,27,28)(H,30,31,32,33). The minimum Gasteiger partial charge on any atom is -0.494 e. The highest BCUT2D eigenvalue weighted by atomic mass is 16.5. The molecule has 2 aromatic carbocycles. The second kappa shape index (κ2) is 10.1. The maximum atomic E-state index is 7.84. The summed E-state index contributed by atoms with van der Waals surface area (Å²) in [6, 6.07) is 12.8. The van der Waals surface area contributed by atoms with Crippen LogP contribution in [0.1, 0.15) is 30.8 Å². The third-order valence-corrected chi connectivity index (χ3v) is 5.76. The van der Waals surface area contributed by atoms with E-state index < -0.39 is 0 Å². The van der Waals surface area contributed by atoms with Gasteiger partial charge >= 0.3 is 6.01 Å². The number of benzene rings is 2. The highest BCUT2D eigenvalue weighted by Gasteiger charge is 2.18. The molecule has 11 heteroatoms. The molecule has 3 heterocycles. The van der Waals surface area contributed by atoms with Crippen molar-refractivity contribution in [1.29, 1.82) is 5.41 Å². The summed E-state index contributed by atoms with van der Waals surface area (Å²) < 4.78 is 17.8. The van der Waals surface area contributed by atoms with Crippen LogP contribution in [0.4, 0.5) is 0 Å². The Morgan fingerprint density at radius 1 is 1.05 bits per heavy atom. The van der Waals surface area contributed by atoms with Gasteiger partial charge < -0.3 is 29.8 Å². The third-order valence-electron chi connectivity index (χ3n) is 5.76. The Bertz CT molecular complexity index is 1500. The lowest BCUT2D eigenvalue weighted by Gasteiger charge is -2.14. The van der Waals surface area contributed by atoms with Crippen LogP contribution in [-0.2, 0) is 6.42 Å². The topological polar surface area (TPSA) is 148 Å². The summed E-state index contributed by atoms with van der Waals surface area (Å²) in [5, 5.41) is 7.84. The van der Waals surface area contributed by atoms with Crippen molar-refractivity contribution in [3.63, 3.8) is 0 Å². The van der Waals surface area contributed by atoms with Gasteiger partial charge in [0.25, 0.3) is 5.88 Å². The van der Waals surface area contributed by atoms with Gasteiger partial charge in [-0.2, -0.15) is 9.97 Å². The molecule has 1 aliphatic rings. The Morgan fingerprint density at radius 2 is 1.89 bits per heavy atom. The molecule has 0 saturated heterocycles. The largest absolute Gasteiger partial charge is 0.494 e. The number of aliphatic imine (C=N–C) groups is 1. The van der Waals surface area contributed by atoms with Crippen LogP contribution in [0, 0.1) is 5.41 Å². The van der Waals surface area contributed by atoms with Crippen LogP contribution in [0.25, 0.3) is 11.2 Å². The van der Waals surface area contributed by atoms with E-state index in [-0.39, 0.29) is 17.7 Å². The van der Waals surface area contributed by atoms with Crippen molar-refractivity contribution >= 4 is 22.8 Å². The number of nitrogens with two attached hydrogens (primary N) is 1. The van der Waals surface area contributed by atoms with Gasteiger partial charge in [-0.15, -0.1) is 0 Å². The predicted molar refractivity (Wildman–Crippen MR) is 140 cm³/mol. The number of rotatable bonds is 9. The molecule has 0 amide bonds. The SMILES string of the molecule is CCOc1cc(Oc2nc(Oc3cccc(C4=NCCN4C)c3)nc3nc(CC)[nH]c23)cc(C(=N)N)c1. The first kappa shape index (κ1) is 24.0. The van der Waals surface area contributed by atoms with E-state index in [1.54, 1.807) is 18.2 Å². The number of fused-ring (bicyclic) bond motifs is 1. The number of ether oxygens (including phenoxy) is 3. The molecule has 0 atom stereocenters. The molecule has 190 valence electrons. The fourth-order valence-electron chi connectivity index (χ4n) is 3.98. The van der Waals surface area contributed by atoms with Gasteiger partial charge in [-0.3, -0.25) is 10.4 Å². The molecule has 4 N–H and O–H groups in total. The van der Waals surface area contributed by atoms with E-state index in [1.807, 2.05) is 45.2 Å². The maximum absolute atomic E-state index is 7.84. The number of nitrogen functional groups attached to an aromatic ring is 1. The average Bonchev–Trinajstić information content (AvgIpc) is 3.50. The van der Waals surface area contributed by atoms with E-state index in [9.17, 15) is 0 Å². The van der Waals surface area contributed by atoms with E-state index >= 15 is 0 Å². The minimum absolute atomic E-state index is 0.0864. The van der Waals surface area contributed by atoms with Crippen LogP contribution in [0.3, 0.4) is 0 Å². The molecule has 0 aliphatic carbocycles. The first-order valence-corrected chi connectivity index (χ1v) is 12.0. The Kier molecular flexibility index (Phi) is 6.59. The number of likely N-dealkylation sites (N-methyl/N-ethyl adjacent to an activating group) is 1. The predicted octanol–water partition coefficient (Wildman–Crippen LogP) is 3.87. The molecule has 0 bridgehead atoms. The van der Waals surface area contributed by atoms with Crippen molar-refractivity contribution in [2.24, 2.45) is 10.7 Å². The van der Waals surface area contributed by atoms with Crippen LogP contribution >= 0.6 is 0 Å². The molecule has 37 heavy (non-hydrogen) atoms. The van der Waals surface area contributed by atoms with Crippen molar-refractivity contribution < 1.29 is 14.2 Å². The van der Waals surface area contributed by atoms with Gasteiger partial charge in [0, 0.05) is 37.2 Å². The number of hydrogen-bond donors (Lipinski definition) is 3. The highest BCUT2D eigenvalue weighted by Crippen LogP contribution is 2.32. The summed E-state index contributed by atoms with van der Waals surface area (Å²) >= 11 is 0. The molecule has 2 aromatic heterocycles. The average molecular weight is 501 g/mol. The number of aromatic amines is 1. The summed E-state index contributed by atoms with van der Waals surface area (Å²) in [7, 11) is 2.01. The zero-order valence-corrected chi connectivity index (χ0v) is 20.9. The van der Waals surface area contributed by atoms with E-state index in [0.29, 0.717) is 47.0 Å². The number of imidazole rings is 1. The minimum atomic E-state index is -0.101. The molecular weight excluding hydrogens is 472 g/mol. The summed E-state index contributed by atoms with van der Waals surface area (Å²) in [5.74, 6) is 3.28. The molecular formula is C26H28N8O3. The number of H-pyrrole nitrogens is 1. The normalized spacial score (nSPS) is 13.1. The number of amidine groups is 2. The lowest BCUT2D eigenvalue weighted by molar-refractivity contribution is 0.337. The molecule has 0 spiro atoms. The van der Waals surface area contributed by atoms with Gasteiger partial charge in [0.15, 0.2) is 5.65 Å². The summed E-state index contributed by atoms with van der Waals surface area (Å²) in [4.78, 5) is 23.5. The zero-order chi connectivity index (χ0) is 25.9. The van der Waals surface area contributed by atoms with E-state index in [1.165, 1.54) is 0 Å². The van der Waals surface area contributed by atoms with Gasteiger partial charge in [0.2, 0.25) is 0 Å². The Labute approximate surface area is 213 Å². The molecule has 0 fully saturated rings. The lowest BCUT2D eigenvalue weighted by atomic mass is 10.2. The van der Waals surface area contributed by atoms with Crippen molar-refractivity contribution in [3.8, 4) is 29.1 Å². The monoisotopic (exact) mass is 500 g/mol. The molecule has 5 rings (SSSR count). The van der Waals surface area contributed by atoms with Gasteiger partial charge in [-0.05, 0) is 31.2 Å². The second-order valence-electron chi connectivity index (χ2n) is 8.45. The quantitative estimate of drug-likeness (QED) is 0.232. The Hall–Kier alpha value is -4.67. The third kappa shape index (κ3) is 5.15. The van der Waals surface area contributed by atoms with Crippen molar-refractivity contribution in [2.45, 2.75) is 20.3 Å². The van der Waals surface area contributed by atoms with Crippen LogP contribution in [0.5, 0.6) is 29.1 Å². The molecule has 0 radical (unpaired) electrons. The van der Waals surface area contributed by atoms with Gasteiger partial charge in [0.05, 0.1) is 13.2 Å². The summed E-state index contributed by atoms with van der Waals surface area (Å²) in [6.07, 6.45) is 0.679. The maximum Gasteiger partial charge on any atom is 0.327 e. The highest BCUT2D eigenvalue weighted by molar-refractivity contribution is 6.00. The first-order chi connectivity index (χ1) is 17.9. The molecule has 11 nitrogen and oxygen atoms in total. The number of aromatic nitrogens is 4. The van der Waals surface area contributed by atoms with E-state index in [0.717, 1.165) is 30.3 Å². The fourth-order valence-corrected chi connectivity index (χ4v) is 3.98.